The van der Waals surface area contributed by atoms with E-state index in [1.807, 2.05) is 52.1 Å². The average molecular weight is 325 g/mol. The van der Waals surface area contributed by atoms with Gasteiger partial charge in [0.25, 0.3) is 5.91 Å². The van der Waals surface area contributed by atoms with Crippen molar-refractivity contribution < 1.29 is 9.59 Å². The molecular weight excluding hydrogens is 302 g/mol. The van der Waals surface area contributed by atoms with Gasteiger partial charge in [-0.15, -0.1) is 0 Å². The number of hydrogen-bond donors (Lipinski definition) is 1. The van der Waals surface area contributed by atoms with Crippen molar-refractivity contribution in [1.29, 1.82) is 0 Å². The molecule has 2 amide bonds. The van der Waals surface area contributed by atoms with Crippen LogP contribution in [0.15, 0.2) is 48.7 Å². The largest absolute Gasteiger partial charge is 0.350 e. The topological polar surface area (TPSA) is 54.3 Å². The zero-order valence-electron chi connectivity index (χ0n) is 13.8. The van der Waals surface area contributed by atoms with Crippen molar-refractivity contribution in [3.8, 4) is 0 Å². The summed E-state index contributed by atoms with van der Waals surface area (Å²) in [6.45, 7) is 2.74. The molecule has 2 heterocycles. The lowest BCUT2D eigenvalue weighted by atomic mass is 10.2. The highest BCUT2D eigenvalue weighted by Gasteiger charge is 2.18. The third kappa shape index (κ3) is 4.04. The Kier molecular flexibility index (Phi) is 5.31. The van der Waals surface area contributed by atoms with Crippen molar-refractivity contribution in [2.75, 3.05) is 19.6 Å². The van der Waals surface area contributed by atoms with E-state index in [2.05, 4.69) is 5.32 Å². The molecule has 3 rings (SSSR count). The number of rotatable bonds is 6. The summed E-state index contributed by atoms with van der Waals surface area (Å²) in [6.07, 6.45) is 4.44. The second-order valence-electron chi connectivity index (χ2n) is 6.10. The van der Waals surface area contributed by atoms with Gasteiger partial charge in [-0.3, -0.25) is 9.59 Å². The van der Waals surface area contributed by atoms with Crippen LogP contribution < -0.4 is 5.32 Å². The lowest BCUT2D eigenvalue weighted by Gasteiger charge is -2.15. The third-order valence-corrected chi connectivity index (χ3v) is 4.34. The SMILES string of the molecule is O=C(NCCC(=O)N1CCCC1)c1cccn1Cc1ccccc1. The van der Waals surface area contributed by atoms with Crippen molar-refractivity contribution in [2.45, 2.75) is 25.8 Å². The first-order chi connectivity index (χ1) is 11.7. The van der Waals surface area contributed by atoms with Crippen molar-refractivity contribution in [1.82, 2.24) is 14.8 Å². The van der Waals surface area contributed by atoms with E-state index < -0.39 is 0 Å². The minimum atomic E-state index is -0.134. The number of nitrogens with one attached hydrogen (secondary N) is 1. The zero-order valence-corrected chi connectivity index (χ0v) is 13.8. The first kappa shape index (κ1) is 16.3. The van der Waals surface area contributed by atoms with Gasteiger partial charge < -0.3 is 14.8 Å². The second-order valence-corrected chi connectivity index (χ2v) is 6.10. The van der Waals surface area contributed by atoms with E-state index in [-0.39, 0.29) is 11.8 Å². The van der Waals surface area contributed by atoms with Crippen LogP contribution in [0.5, 0.6) is 0 Å². The number of nitrogens with zero attached hydrogens (tertiary/aromatic N) is 2. The van der Waals surface area contributed by atoms with Crippen molar-refractivity contribution in [3.63, 3.8) is 0 Å². The van der Waals surface area contributed by atoms with Crippen LogP contribution in [0.3, 0.4) is 0 Å². The Morgan fingerprint density at radius 3 is 2.50 bits per heavy atom. The van der Waals surface area contributed by atoms with Crippen LogP contribution in [-0.4, -0.2) is 40.9 Å². The lowest BCUT2D eigenvalue weighted by Crippen LogP contribution is -2.33. The molecule has 0 saturated carbocycles. The van der Waals surface area contributed by atoms with Gasteiger partial charge in [-0.25, -0.2) is 0 Å². The Balaban J connectivity index is 1.52. The van der Waals surface area contributed by atoms with Crippen LogP contribution in [0.2, 0.25) is 0 Å². The fourth-order valence-electron chi connectivity index (χ4n) is 3.04. The Labute approximate surface area is 142 Å². The van der Waals surface area contributed by atoms with Crippen LogP contribution in [0, 0.1) is 0 Å². The monoisotopic (exact) mass is 325 g/mol. The van der Waals surface area contributed by atoms with Gasteiger partial charge in [0, 0.05) is 38.8 Å². The average Bonchev–Trinajstić information content (AvgIpc) is 3.27. The first-order valence-corrected chi connectivity index (χ1v) is 8.49. The molecule has 2 aromatic rings. The second kappa shape index (κ2) is 7.81. The molecule has 1 aromatic heterocycles. The molecule has 24 heavy (non-hydrogen) atoms. The van der Waals surface area contributed by atoms with Crippen LogP contribution in [-0.2, 0) is 11.3 Å². The fourth-order valence-corrected chi connectivity index (χ4v) is 3.04. The molecule has 126 valence electrons. The molecule has 1 aromatic carbocycles. The van der Waals surface area contributed by atoms with Crippen LogP contribution in [0.1, 0.15) is 35.3 Å². The van der Waals surface area contributed by atoms with Gasteiger partial charge in [0.05, 0.1) is 0 Å². The molecule has 0 unspecified atom stereocenters. The van der Waals surface area contributed by atoms with Gasteiger partial charge in [0.1, 0.15) is 5.69 Å². The summed E-state index contributed by atoms with van der Waals surface area (Å²) in [7, 11) is 0. The van der Waals surface area contributed by atoms with Gasteiger partial charge in [-0.05, 0) is 30.5 Å². The zero-order chi connectivity index (χ0) is 16.8. The van der Waals surface area contributed by atoms with Crippen molar-refractivity contribution in [3.05, 3.63) is 59.9 Å². The van der Waals surface area contributed by atoms with Crippen LogP contribution in [0.4, 0.5) is 0 Å². The van der Waals surface area contributed by atoms with Gasteiger partial charge in [0.15, 0.2) is 0 Å². The van der Waals surface area contributed by atoms with Crippen molar-refractivity contribution in [2.24, 2.45) is 0 Å². The first-order valence-electron chi connectivity index (χ1n) is 8.49. The summed E-state index contributed by atoms with van der Waals surface area (Å²) in [5.41, 5.74) is 1.76. The summed E-state index contributed by atoms with van der Waals surface area (Å²) in [4.78, 5) is 26.2. The standard InChI is InChI=1S/C19H23N3O2/c23-18(21-12-4-5-13-21)10-11-20-19(24)17-9-6-14-22(17)15-16-7-2-1-3-8-16/h1-3,6-9,14H,4-5,10-13,15H2,(H,20,24). The maximum atomic E-state index is 12.4. The smallest absolute Gasteiger partial charge is 0.267 e. The molecule has 1 aliphatic heterocycles. The molecule has 0 spiro atoms. The molecule has 0 atom stereocenters. The lowest BCUT2D eigenvalue weighted by molar-refractivity contribution is -0.129. The highest BCUT2D eigenvalue weighted by atomic mass is 16.2. The minimum absolute atomic E-state index is 0.132. The van der Waals surface area contributed by atoms with Gasteiger partial charge in [-0.2, -0.15) is 0 Å². The molecule has 0 aliphatic carbocycles. The maximum Gasteiger partial charge on any atom is 0.267 e. The van der Waals surface area contributed by atoms with E-state index in [0.29, 0.717) is 25.2 Å². The van der Waals surface area contributed by atoms with E-state index in [1.54, 1.807) is 6.07 Å². The molecular formula is C19H23N3O2. The fraction of sp³-hybridized carbons (Fsp3) is 0.368. The molecule has 1 N–H and O–H groups in total. The molecule has 0 radical (unpaired) electrons. The van der Waals surface area contributed by atoms with Gasteiger partial charge >= 0.3 is 0 Å². The number of carbonyl (C=O) groups excluding carboxylic acids is 2. The normalized spacial score (nSPS) is 13.9. The number of benzene rings is 1. The Morgan fingerprint density at radius 2 is 1.75 bits per heavy atom. The third-order valence-electron chi connectivity index (χ3n) is 4.34. The van der Waals surface area contributed by atoms with Crippen LogP contribution >= 0.6 is 0 Å². The van der Waals surface area contributed by atoms with Gasteiger partial charge in [0.2, 0.25) is 5.91 Å². The highest BCUT2D eigenvalue weighted by Crippen LogP contribution is 2.09. The summed E-state index contributed by atoms with van der Waals surface area (Å²) in [5, 5.41) is 2.86. The summed E-state index contributed by atoms with van der Waals surface area (Å²) in [5.74, 6) is -0.00220. The Bertz CT molecular complexity index is 688. The minimum Gasteiger partial charge on any atom is -0.350 e. The van der Waals surface area contributed by atoms with Crippen molar-refractivity contribution >= 4 is 11.8 Å². The number of amides is 2. The van der Waals surface area contributed by atoms with E-state index in [9.17, 15) is 9.59 Å². The molecule has 5 heteroatoms. The highest BCUT2D eigenvalue weighted by molar-refractivity contribution is 5.93. The maximum absolute atomic E-state index is 12.4. The Morgan fingerprint density at radius 1 is 1.00 bits per heavy atom. The summed E-state index contributed by atoms with van der Waals surface area (Å²) >= 11 is 0. The van der Waals surface area contributed by atoms with Crippen LogP contribution in [0.25, 0.3) is 0 Å². The molecule has 1 fully saturated rings. The molecule has 5 nitrogen and oxygen atoms in total. The van der Waals surface area contributed by atoms with Gasteiger partial charge in [-0.1, -0.05) is 30.3 Å². The molecule has 1 aliphatic rings. The number of aromatic nitrogens is 1. The predicted octanol–water partition coefficient (Wildman–Crippen LogP) is 2.28. The van der Waals surface area contributed by atoms with E-state index in [1.165, 1.54) is 0 Å². The summed E-state index contributed by atoms with van der Waals surface area (Å²) in [6, 6.07) is 13.7. The quantitative estimate of drug-likeness (QED) is 0.886. The van der Waals surface area contributed by atoms with E-state index in [0.717, 1.165) is 31.5 Å². The van der Waals surface area contributed by atoms with E-state index in [4.69, 9.17) is 0 Å². The number of likely N-dealkylation sites (tertiary alicyclic amines) is 1. The summed E-state index contributed by atoms with van der Waals surface area (Å²) < 4.78 is 1.92. The van der Waals surface area contributed by atoms with E-state index >= 15 is 0 Å². The molecule has 1 saturated heterocycles. The Hall–Kier alpha value is -2.56. The number of carbonyl (C=O) groups is 2. The predicted molar refractivity (Wildman–Crippen MR) is 92.7 cm³/mol. The number of hydrogen-bond acceptors (Lipinski definition) is 2. The molecule has 0 bridgehead atoms.